The van der Waals surface area contributed by atoms with Gasteiger partial charge in [-0.3, -0.25) is 4.68 Å². The lowest BCUT2D eigenvalue weighted by Crippen LogP contribution is -2.41. The summed E-state index contributed by atoms with van der Waals surface area (Å²) in [7, 11) is -1.87. The lowest BCUT2D eigenvalue weighted by Gasteiger charge is -2.18. The average molecular weight is 325 g/mol. The Labute approximate surface area is 131 Å². The molecule has 2 aromatic heterocycles. The summed E-state index contributed by atoms with van der Waals surface area (Å²) in [6.07, 6.45) is 2.05. The summed E-state index contributed by atoms with van der Waals surface area (Å²) in [5, 5.41) is 4.98. The lowest BCUT2D eigenvalue weighted by atomic mass is 10.1. The molecule has 22 heavy (non-hydrogen) atoms. The Bertz CT molecular complexity index is 767. The van der Waals surface area contributed by atoms with Crippen LogP contribution >= 0.6 is 0 Å². The topological polar surface area (TPSA) is 103 Å². The summed E-state index contributed by atoms with van der Waals surface area (Å²) in [4.78, 5) is 4.35. The maximum Gasteiger partial charge on any atom is 0.242 e. The fourth-order valence-corrected chi connectivity index (χ4v) is 3.72. The molecule has 0 fully saturated rings. The van der Waals surface area contributed by atoms with Crippen molar-refractivity contribution in [2.24, 2.45) is 18.7 Å². The minimum atomic E-state index is -3.65. The van der Waals surface area contributed by atoms with Gasteiger partial charge in [-0.2, -0.15) is 5.10 Å². The van der Waals surface area contributed by atoms with Gasteiger partial charge in [0.15, 0.2) is 5.65 Å². The van der Waals surface area contributed by atoms with Gasteiger partial charge in [-0.05, 0) is 25.3 Å². The van der Waals surface area contributed by atoms with E-state index in [1.165, 1.54) is 6.20 Å². The molecule has 0 saturated carbocycles. The smallest absolute Gasteiger partial charge is 0.242 e. The van der Waals surface area contributed by atoms with Crippen LogP contribution in [0.2, 0.25) is 0 Å². The van der Waals surface area contributed by atoms with Crippen LogP contribution in [0.4, 0.5) is 0 Å². The second kappa shape index (κ2) is 6.31. The predicted octanol–water partition coefficient (Wildman–Crippen LogP) is 0.928. The standard InChI is InChI=1S/C14H23N5O2S/c1-9(2)5-11(7-15)18-22(20,21)12-6-13-10(3)17-19(4)14(13)16-8-12/h6,8-9,11,18H,5,7,15H2,1-4H3. The van der Waals surface area contributed by atoms with E-state index in [0.717, 1.165) is 11.1 Å². The van der Waals surface area contributed by atoms with Crippen LogP contribution < -0.4 is 10.5 Å². The molecule has 2 aromatic rings. The molecular weight excluding hydrogens is 302 g/mol. The van der Waals surface area contributed by atoms with Gasteiger partial charge in [-0.25, -0.2) is 18.1 Å². The van der Waals surface area contributed by atoms with Gasteiger partial charge >= 0.3 is 0 Å². The van der Waals surface area contributed by atoms with E-state index < -0.39 is 10.0 Å². The van der Waals surface area contributed by atoms with Crippen LogP contribution in [0.1, 0.15) is 26.0 Å². The maximum absolute atomic E-state index is 12.5. The average Bonchev–Trinajstić information content (AvgIpc) is 2.72. The van der Waals surface area contributed by atoms with Crippen LogP contribution in [0.3, 0.4) is 0 Å². The van der Waals surface area contributed by atoms with Gasteiger partial charge in [0.2, 0.25) is 10.0 Å². The first kappa shape index (κ1) is 16.9. The summed E-state index contributed by atoms with van der Waals surface area (Å²) in [6, 6.07) is 1.33. The molecule has 0 radical (unpaired) electrons. The minimum absolute atomic E-state index is 0.137. The van der Waals surface area contributed by atoms with E-state index in [0.29, 0.717) is 18.0 Å². The highest BCUT2D eigenvalue weighted by molar-refractivity contribution is 7.89. The van der Waals surface area contributed by atoms with E-state index in [9.17, 15) is 8.42 Å². The fraction of sp³-hybridized carbons (Fsp3) is 0.571. The third-order valence-electron chi connectivity index (χ3n) is 3.51. The number of nitrogens with zero attached hydrogens (tertiary/aromatic N) is 3. The molecule has 0 aliphatic carbocycles. The number of pyridine rings is 1. The van der Waals surface area contributed by atoms with Gasteiger partial charge in [0.1, 0.15) is 4.90 Å². The van der Waals surface area contributed by atoms with Gasteiger partial charge in [-0.15, -0.1) is 0 Å². The number of sulfonamides is 1. The molecule has 3 N–H and O–H groups in total. The molecule has 0 aliphatic rings. The highest BCUT2D eigenvalue weighted by atomic mass is 32.2. The minimum Gasteiger partial charge on any atom is -0.329 e. The predicted molar refractivity (Wildman–Crippen MR) is 85.9 cm³/mol. The van der Waals surface area contributed by atoms with Crippen molar-refractivity contribution in [3.05, 3.63) is 18.0 Å². The molecule has 0 aromatic carbocycles. The zero-order chi connectivity index (χ0) is 16.5. The first-order chi connectivity index (χ1) is 10.2. The summed E-state index contributed by atoms with van der Waals surface area (Å²) in [6.45, 7) is 6.15. The van der Waals surface area contributed by atoms with E-state index in [1.54, 1.807) is 17.8 Å². The third-order valence-corrected chi connectivity index (χ3v) is 5.00. The number of nitrogens with one attached hydrogen (secondary N) is 1. The van der Waals surface area contributed by atoms with Gasteiger partial charge in [0.05, 0.1) is 5.69 Å². The molecular formula is C14H23N5O2S. The normalized spacial score (nSPS) is 13.9. The van der Waals surface area contributed by atoms with Crippen LogP contribution in [0.5, 0.6) is 0 Å². The van der Waals surface area contributed by atoms with Crippen LogP contribution in [0, 0.1) is 12.8 Å². The Balaban J connectivity index is 2.34. The number of nitrogens with two attached hydrogens (primary N) is 1. The van der Waals surface area contributed by atoms with E-state index in [2.05, 4.69) is 14.8 Å². The van der Waals surface area contributed by atoms with Crippen molar-refractivity contribution in [3.8, 4) is 0 Å². The largest absolute Gasteiger partial charge is 0.329 e. The molecule has 0 bridgehead atoms. The highest BCUT2D eigenvalue weighted by Crippen LogP contribution is 2.19. The molecule has 2 heterocycles. The number of fused-ring (bicyclic) bond motifs is 1. The molecule has 0 amide bonds. The Morgan fingerprint density at radius 3 is 2.68 bits per heavy atom. The fourth-order valence-electron chi connectivity index (χ4n) is 2.48. The van der Waals surface area contributed by atoms with Crippen molar-refractivity contribution in [2.45, 2.75) is 38.1 Å². The second-order valence-electron chi connectivity index (χ2n) is 5.93. The van der Waals surface area contributed by atoms with E-state index >= 15 is 0 Å². The van der Waals surface area contributed by atoms with E-state index in [4.69, 9.17) is 5.73 Å². The molecule has 122 valence electrons. The maximum atomic E-state index is 12.5. The van der Waals surface area contributed by atoms with Crippen LogP contribution in [0.15, 0.2) is 17.2 Å². The molecule has 0 saturated heterocycles. The van der Waals surface area contributed by atoms with Crippen molar-refractivity contribution < 1.29 is 8.42 Å². The van der Waals surface area contributed by atoms with Gasteiger partial charge in [-0.1, -0.05) is 13.8 Å². The Kier molecular flexibility index (Phi) is 4.84. The highest BCUT2D eigenvalue weighted by Gasteiger charge is 2.21. The van der Waals surface area contributed by atoms with Crippen LogP contribution in [-0.2, 0) is 17.1 Å². The van der Waals surface area contributed by atoms with E-state index in [1.807, 2.05) is 20.8 Å². The zero-order valence-electron chi connectivity index (χ0n) is 13.4. The first-order valence-electron chi connectivity index (χ1n) is 7.26. The number of hydrogen-bond donors (Lipinski definition) is 2. The van der Waals surface area contributed by atoms with Crippen molar-refractivity contribution in [1.82, 2.24) is 19.5 Å². The van der Waals surface area contributed by atoms with Crippen molar-refractivity contribution >= 4 is 21.1 Å². The molecule has 0 aliphatic heterocycles. The Morgan fingerprint density at radius 2 is 2.09 bits per heavy atom. The molecule has 1 atom stereocenters. The zero-order valence-corrected chi connectivity index (χ0v) is 14.2. The second-order valence-corrected chi connectivity index (χ2v) is 7.65. The SMILES string of the molecule is Cc1nn(C)c2ncc(S(=O)(=O)NC(CN)CC(C)C)cc12. The van der Waals surface area contributed by atoms with E-state index in [-0.39, 0.29) is 17.5 Å². The summed E-state index contributed by atoms with van der Waals surface area (Å²) < 4.78 is 29.3. The molecule has 8 heteroatoms. The molecule has 7 nitrogen and oxygen atoms in total. The molecule has 2 rings (SSSR count). The third kappa shape index (κ3) is 3.45. The number of aryl methyl sites for hydroxylation is 2. The van der Waals surface area contributed by atoms with Gasteiger partial charge in [0.25, 0.3) is 0 Å². The summed E-state index contributed by atoms with van der Waals surface area (Å²) in [5.74, 6) is 0.359. The number of hydrogen-bond acceptors (Lipinski definition) is 5. The lowest BCUT2D eigenvalue weighted by molar-refractivity contribution is 0.465. The van der Waals surface area contributed by atoms with Crippen LogP contribution in [0.25, 0.3) is 11.0 Å². The Hall–Kier alpha value is -1.51. The Morgan fingerprint density at radius 1 is 1.41 bits per heavy atom. The first-order valence-corrected chi connectivity index (χ1v) is 8.74. The molecule has 0 spiro atoms. The monoisotopic (exact) mass is 325 g/mol. The van der Waals surface area contributed by atoms with Crippen molar-refractivity contribution in [2.75, 3.05) is 6.54 Å². The van der Waals surface area contributed by atoms with Crippen molar-refractivity contribution in [1.29, 1.82) is 0 Å². The van der Waals surface area contributed by atoms with Gasteiger partial charge in [0, 0.05) is 31.2 Å². The van der Waals surface area contributed by atoms with Crippen LogP contribution in [-0.4, -0.2) is 35.8 Å². The quantitative estimate of drug-likeness (QED) is 0.822. The molecule has 1 unspecified atom stereocenters. The summed E-state index contributed by atoms with van der Waals surface area (Å²) in [5.41, 5.74) is 7.08. The summed E-state index contributed by atoms with van der Waals surface area (Å²) >= 11 is 0. The van der Waals surface area contributed by atoms with Gasteiger partial charge < -0.3 is 5.73 Å². The van der Waals surface area contributed by atoms with Crippen molar-refractivity contribution in [3.63, 3.8) is 0 Å². The number of rotatable bonds is 6. The number of aromatic nitrogens is 3.